The molecule has 3 aromatic rings. The average molecular weight is 473 g/mol. The van der Waals surface area contributed by atoms with Gasteiger partial charge in [0.05, 0.1) is 6.54 Å². The standard InChI is InChI=1S/C30H33FN2O2/c1-23(32(2)3)28-18-29(34-21-25-10-6-4-7-11-25)30(35-22-26-12-8-5-9-13-26)20-33(28)19-24-14-16-27(31)17-15-24/h4-18,23H,19-22H2,1-3H3. The van der Waals surface area contributed by atoms with Crippen LogP contribution in [-0.4, -0.2) is 36.5 Å². The first-order valence-corrected chi connectivity index (χ1v) is 11.9. The summed E-state index contributed by atoms with van der Waals surface area (Å²) < 4.78 is 26.2. The summed E-state index contributed by atoms with van der Waals surface area (Å²) in [6.07, 6.45) is 2.10. The first-order chi connectivity index (χ1) is 17.0. The van der Waals surface area contributed by atoms with Gasteiger partial charge in [-0.2, -0.15) is 0 Å². The molecule has 1 aliphatic heterocycles. The minimum Gasteiger partial charge on any atom is -0.487 e. The Hall–Kier alpha value is -3.57. The molecule has 0 spiro atoms. The molecule has 4 nitrogen and oxygen atoms in total. The number of nitrogens with zero attached hydrogens (tertiary/aromatic N) is 2. The van der Waals surface area contributed by atoms with Crippen LogP contribution >= 0.6 is 0 Å². The third-order valence-electron chi connectivity index (χ3n) is 6.24. The predicted octanol–water partition coefficient (Wildman–Crippen LogP) is 6.12. The zero-order valence-corrected chi connectivity index (χ0v) is 20.7. The molecule has 1 unspecified atom stereocenters. The van der Waals surface area contributed by atoms with Gasteiger partial charge < -0.3 is 19.3 Å². The molecular weight excluding hydrogens is 439 g/mol. The number of hydrogen-bond donors (Lipinski definition) is 0. The van der Waals surface area contributed by atoms with Gasteiger partial charge in [-0.3, -0.25) is 0 Å². The average Bonchev–Trinajstić information content (AvgIpc) is 2.88. The molecule has 0 saturated heterocycles. The largest absolute Gasteiger partial charge is 0.487 e. The summed E-state index contributed by atoms with van der Waals surface area (Å²) in [5.74, 6) is 1.32. The van der Waals surface area contributed by atoms with Gasteiger partial charge in [0.2, 0.25) is 0 Å². The third-order valence-corrected chi connectivity index (χ3v) is 6.24. The molecule has 0 aromatic heterocycles. The van der Waals surface area contributed by atoms with E-state index in [1.54, 1.807) is 0 Å². The van der Waals surface area contributed by atoms with Gasteiger partial charge in [-0.1, -0.05) is 72.8 Å². The van der Waals surface area contributed by atoms with Crippen LogP contribution in [0.1, 0.15) is 23.6 Å². The Morgan fingerprint density at radius 3 is 1.94 bits per heavy atom. The lowest BCUT2D eigenvalue weighted by Gasteiger charge is -2.37. The van der Waals surface area contributed by atoms with Crippen molar-refractivity contribution in [2.45, 2.75) is 32.7 Å². The van der Waals surface area contributed by atoms with Crippen molar-refractivity contribution < 1.29 is 13.9 Å². The molecule has 1 atom stereocenters. The van der Waals surface area contributed by atoms with Crippen molar-refractivity contribution in [3.63, 3.8) is 0 Å². The number of rotatable bonds is 10. The van der Waals surface area contributed by atoms with Gasteiger partial charge in [-0.15, -0.1) is 0 Å². The SMILES string of the molecule is CC(C1=CC(OCc2ccccc2)=C(OCc2ccccc2)CN1Cc1ccc(F)cc1)N(C)C. The quantitative estimate of drug-likeness (QED) is 0.355. The Morgan fingerprint density at radius 1 is 0.800 bits per heavy atom. The van der Waals surface area contributed by atoms with Crippen molar-refractivity contribution in [2.75, 3.05) is 20.6 Å². The molecule has 5 heteroatoms. The van der Waals surface area contributed by atoms with Crippen LogP contribution in [0.3, 0.4) is 0 Å². The van der Waals surface area contributed by atoms with Gasteiger partial charge >= 0.3 is 0 Å². The molecule has 0 amide bonds. The molecule has 0 saturated carbocycles. The molecule has 0 N–H and O–H groups in total. The fourth-order valence-electron chi connectivity index (χ4n) is 3.97. The van der Waals surface area contributed by atoms with E-state index in [0.717, 1.165) is 33.9 Å². The lowest BCUT2D eigenvalue weighted by molar-refractivity contribution is 0.114. The highest BCUT2D eigenvalue weighted by Gasteiger charge is 2.27. The maximum atomic E-state index is 13.5. The second kappa shape index (κ2) is 11.7. The molecule has 3 aromatic carbocycles. The summed E-state index contributed by atoms with van der Waals surface area (Å²) >= 11 is 0. The van der Waals surface area contributed by atoms with Crippen molar-refractivity contribution in [1.29, 1.82) is 0 Å². The smallest absolute Gasteiger partial charge is 0.161 e. The van der Waals surface area contributed by atoms with Crippen LogP contribution in [0.2, 0.25) is 0 Å². The van der Waals surface area contributed by atoms with E-state index in [-0.39, 0.29) is 11.9 Å². The minimum absolute atomic E-state index is 0.154. The molecule has 35 heavy (non-hydrogen) atoms. The van der Waals surface area contributed by atoms with E-state index < -0.39 is 0 Å². The van der Waals surface area contributed by atoms with Crippen LogP contribution in [0.5, 0.6) is 0 Å². The summed E-state index contributed by atoms with van der Waals surface area (Å²) in [6.45, 7) is 4.32. The summed E-state index contributed by atoms with van der Waals surface area (Å²) in [4.78, 5) is 4.46. The van der Waals surface area contributed by atoms with Gasteiger partial charge in [0.25, 0.3) is 0 Å². The van der Waals surface area contributed by atoms with Crippen LogP contribution in [0.4, 0.5) is 4.39 Å². The molecule has 0 bridgehead atoms. The van der Waals surface area contributed by atoms with Crippen LogP contribution in [-0.2, 0) is 29.2 Å². The molecule has 0 aliphatic carbocycles. The van der Waals surface area contributed by atoms with E-state index in [1.807, 2.05) is 48.5 Å². The van der Waals surface area contributed by atoms with Gasteiger partial charge in [0, 0.05) is 24.4 Å². The van der Waals surface area contributed by atoms with Gasteiger partial charge in [0.1, 0.15) is 19.0 Å². The molecule has 1 heterocycles. The first-order valence-electron chi connectivity index (χ1n) is 11.9. The highest BCUT2D eigenvalue weighted by Crippen LogP contribution is 2.29. The molecular formula is C30H33FN2O2. The topological polar surface area (TPSA) is 24.9 Å². The van der Waals surface area contributed by atoms with Gasteiger partial charge in [-0.25, -0.2) is 4.39 Å². The molecule has 182 valence electrons. The second-order valence-corrected chi connectivity index (χ2v) is 9.03. The highest BCUT2D eigenvalue weighted by atomic mass is 19.1. The molecule has 0 radical (unpaired) electrons. The lowest BCUT2D eigenvalue weighted by Crippen LogP contribution is -2.39. The van der Waals surface area contributed by atoms with E-state index in [0.29, 0.717) is 26.3 Å². The van der Waals surface area contributed by atoms with Crippen LogP contribution in [0.15, 0.2) is 108 Å². The molecule has 0 fully saturated rings. The Labute approximate surface area is 207 Å². The number of ether oxygens (including phenoxy) is 2. The van der Waals surface area contributed by atoms with E-state index >= 15 is 0 Å². The number of likely N-dealkylation sites (N-methyl/N-ethyl adjacent to an activating group) is 1. The van der Waals surface area contributed by atoms with Crippen LogP contribution < -0.4 is 0 Å². The maximum Gasteiger partial charge on any atom is 0.161 e. The predicted molar refractivity (Wildman–Crippen MR) is 138 cm³/mol. The Balaban J connectivity index is 1.63. The Bertz CT molecular complexity index is 1140. The van der Waals surface area contributed by atoms with Crippen molar-refractivity contribution in [3.05, 3.63) is 131 Å². The van der Waals surface area contributed by atoms with Crippen molar-refractivity contribution >= 4 is 0 Å². The normalized spacial score (nSPS) is 14.7. The summed E-state index contributed by atoms with van der Waals surface area (Å²) in [5, 5.41) is 0. The number of halogens is 1. The van der Waals surface area contributed by atoms with E-state index in [2.05, 4.69) is 61.2 Å². The number of hydrogen-bond acceptors (Lipinski definition) is 4. The Kier molecular flexibility index (Phi) is 8.22. The summed E-state index contributed by atoms with van der Waals surface area (Å²) in [7, 11) is 4.13. The van der Waals surface area contributed by atoms with E-state index in [9.17, 15) is 4.39 Å². The summed E-state index contributed by atoms with van der Waals surface area (Å²) in [6, 6.07) is 27.1. The highest BCUT2D eigenvalue weighted by molar-refractivity contribution is 5.32. The number of benzene rings is 3. The van der Waals surface area contributed by atoms with Crippen LogP contribution in [0.25, 0.3) is 0 Å². The monoisotopic (exact) mass is 472 g/mol. The fraction of sp³-hybridized carbons (Fsp3) is 0.267. The van der Waals surface area contributed by atoms with Gasteiger partial charge in [-0.05, 0) is 49.8 Å². The van der Waals surface area contributed by atoms with Crippen molar-refractivity contribution in [3.8, 4) is 0 Å². The second-order valence-electron chi connectivity index (χ2n) is 9.03. The maximum absolute atomic E-state index is 13.5. The van der Waals surface area contributed by atoms with Crippen LogP contribution in [0, 0.1) is 5.82 Å². The van der Waals surface area contributed by atoms with Gasteiger partial charge in [0.15, 0.2) is 11.5 Å². The summed E-state index contributed by atoms with van der Waals surface area (Å²) in [5.41, 5.74) is 4.38. The molecule has 1 aliphatic rings. The Morgan fingerprint density at radius 2 is 1.37 bits per heavy atom. The first kappa shape index (κ1) is 24.6. The fourth-order valence-corrected chi connectivity index (χ4v) is 3.97. The van der Waals surface area contributed by atoms with Crippen molar-refractivity contribution in [1.82, 2.24) is 9.80 Å². The van der Waals surface area contributed by atoms with E-state index in [4.69, 9.17) is 9.47 Å². The number of allylic oxidation sites excluding steroid dienone is 1. The minimum atomic E-state index is -0.229. The lowest BCUT2D eigenvalue weighted by atomic mass is 10.1. The van der Waals surface area contributed by atoms with E-state index in [1.165, 1.54) is 12.1 Å². The zero-order valence-electron chi connectivity index (χ0n) is 20.7. The zero-order chi connectivity index (χ0) is 24.6. The van der Waals surface area contributed by atoms with Crippen molar-refractivity contribution in [2.24, 2.45) is 0 Å². The molecule has 4 rings (SSSR count). The third kappa shape index (κ3) is 6.74.